The number of hydrogen-bond acceptors (Lipinski definition) is 6. The summed E-state index contributed by atoms with van der Waals surface area (Å²) in [6.45, 7) is 5.32. The molecule has 0 saturated carbocycles. The lowest BCUT2D eigenvalue weighted by molar-refractivity contribution is 0.388. The van der Waals surface area contributed by atoms with Gasteiger partial charge in [-0.15, -0.1) is 0 Å². The van der Waals surface area contributed by atoms with Gasteiger partial charge in [-0.3, -0.25) is 0 Å². The molecule has 2 N–H and O–H groups in total. The van der Waals surface area contributed by atoms with Crippen molar-refractivity contribution in [2.24, 2.45) is 0 Å². The molecular weight excluding hydrogens is 218 g/mol. The molecule has 6 heteroatoms. The fraction of sp³-hybridized carbons (Fsp3) is 0.364. The molecule has 0 aromatic carbocycles. The highest BCUT2D eigenvalue weighted by Gasteiger charge is 2.04. The van der Waals surface area contributed by atoms with Crippen LogP contribution < -0.4 is 10.6 Å². The molecule has 0 aliphatic heterocycles. The van der Waals surface area contributed by atoms with E-state index in [4.69, 9.17) is 4.52 Å². The van der Waals surface area contributed by atoms with Crippen LogP contribution >= 0.6 is 0 Å². The maximum Gasteiger partial charge on any atom is 0.224 e. The van der Waals surface area contributed by atoms with Crippen LogP contribution in [0, 0.1) is 6.92 Å². The van der Waals surface area contributed by atoms with Gasteiger partial charge in [0.05, 0.1) is 12.7 Å². The van der Waals surface area contributed by atoms with E-state index in [-0.39, 0.29) is 0 Å². The largest absolute Gasteiger partial charge is 0.362 e. The number of aromatic nitrogens is 3. The van der Waals surface area contributed by atoms with E-state index in [0.29, 0.717) is 12.5 Å². The molecule has 2 rings (SSSR count). The topological polar surface area (TPSA) is 75.9 Å². The molecule has 0 atom stereocenters. The summed E-state index contributed by atoms with van der Waals surface area (Å²) >= 11 is 0. The Labute approximate surface area is 99.5 Å². The zero-order chi connectivity index (χ0) is 12.1. The van der Waals surface area contributed by atoms with Gasteiger partial charge in [0.2, 0.25) is 5.95 Å². The summed E-state index contributed by atoms with van der Waals surface area (Å²) in [7, 11) is 0. The Morgan fingerprint density at radius 2 is 2.24 bits per heavy atom. The Kier molecular flexibility index (Phi) is 3.54. The molecule has 0 unspecified atom stereocenters. The highest BCUT2D eigenvalue weighted by molar-refractivity contribution is 5.46. The first-order valence-corrected chi connectivity index (χ1v) is 5.50. The third-order valence-electron chi connectivity index (χ3n) is 2.23. The first-order chi connectivity index (χ1) is 8.29. The van der Waals surface area contributed by atoms with Crippen LogP contribution in [-0.4, -0.2) is 21.7 Å². The molecule has 6 nitrogen and oxygen atoms in total. The van der Waals surface area contributed by atoms with E-state index in [2.05, 4.69) is 25.8 Å². The second-order valence-corrected chi connectivity index (χ2v) is 3.59. The molecule has 0 saturated heterocycles. The standard InChI is InChI=1S/C11H15N5O/c1-3-12-11-14-6-8(2)10(16-11)13-7-9-4-5-15-17-9/h4-6H,3,7H2,1-2H3,(H2,12,13,14,16). The van der Waals surface area contributed by atoms with E-state index in [0.717, 1.165) is 23.7 Å². The van der Waals surface area contributed by atoms with Gasteiger partial charge >= 0.3 is 0 Å². The second-order valence-electron chi connectivity index (χ2n) is 3.59. The fourth-order valence-electron chi connectivity index (χ4n) is 1.37. The van der Waals surface area contributed by atoms with Gasteiger partial charge in [-0.2, -0.15) is 4.98 Å². The maximum atomic E-state index is 5.00. The Morgan fingerprint density at radius 3 is 2.94 bits per heavy atom. The molecule has 2 heterocycles. The monoisotopic (exact) mass is 233 g/mol. The van der Waals surface area contributed by atoms with Crippen molar-refractivity contribution in [3.63, 3.8) is 0 Å². The number of aryl methyl sites for hydroxylation is 1. The summed E-state index contributed by atoms with van der Waals surface area (Å²) in [5, 5.41) is 9.90. The van der Waals surface area contributed by atoms with Gasteiger partial charge in [0.25, 0.3) is 0 Å². The number of nitrogens with zero attached hydrogens (tertiary/aromatic N) is 3. The van der Waals surface area contributed by atoms with Crippen molar-refractivity contribution in [2.45, 2.75) is 20.4 Å². The molecule has 0 radical (unpaired) electrons. The fourth-order valence-corrected chi connectivity index (χ4v) is 1.37. The Bertz CT molecular complexity index is 469. The highest BCUT2D eigenvalue weighted by Crippen LogP contribution is 2.13. The van der Waals surface area contributed by atoms with Gasteiger partial charge in [-0.1, -0.05) is 5.16 Å². The number of hydrogen-bond donors (Lipinski definition) is 2. The van der Waals surface area contributed by atoms with Crippen molar-refractivity contribution in [1.82, 2.24) is 15.1 Å². The van der Waals surface area contributed by atoms with Crippen LogP contribution in [0.25, 0.3) is 0 Å². The molecule has 0 aliphatic carbocycles. The lowest BCUT2D eigenvalue weighted by atomic mass is 10.3. The lowest BCUT2D eigenvalue weighted by Gasteiger charge is -2.08. The van der Waals surface area contributed by atoms with Crippen LogP contribution in [-0.2, 0) is 6.54 Å². The van der Waals surface area contributed by atoms with Crippen molar-refractivity contribution in [3.05, 3.63) is 29.8 Å². The Hall–Kier alpha value is -2.11. The van der Waals surface area contributed by atoms with Gasteiger partial charge in [0.15, 0.2) is 5.76 Å². The van der Waals surface area contributed by atoms with E-state index >= 15 is 0 Å². The van der Waals surface area contributed by atoms with Crippen molar-refractivity contribution in [2.75, 3.05) is 17.2 Å². The van der Waals surface area contributed by atoms with Gasteiger partial charge in [0.1, 0.15) is 5.82 Å². The predicted molar refractivity (Wildman–Crippen MR) is 64.8 cm³/mol. The quantitative estimate of drug-likeness (QED) is 0.820. The van der Waals surface area contributed by atoms with Gasteiger partial charge in [0, 0.05) is 24.4 Å². The van der Waals surface area contributed by atoms with Crippen molar-refractivity contribution in [1.29, 1.82) is 0 Å². The highest BCUT2D eigenvalue weighted by atomic mass is 16.5. The van der Waals surface area contributed by atoms with Crippen molar-refractivity contribution >= 4 is 11.8 Å². The van der Waals surface area contributed by atoms with Gasteiger partial charge < -0.3 is 15.2 Å². The first kappa shape index (κ1) is 11.4. The predicted octanol–water partition coefficient (Wildman–Crippen LogP) is 1.82. The molecule has 2 aromatic heterocycles. The summed E-state index contributed by atoms with van der Waals surface area (Å²) in [5.74, 6) is 2.19. The van der Waals surface area contributed by atoms with Crippen LogP contribution in [0.15, 0.2) is 23.0 Å². The molecular formula is C11H15N5O. The van der Waals surface area contributed by atoms with E-state index in [1.807, 2.05) is 19.9 Å². The zero-order valence-electron chi connectivity index (χ0n) is 9.90. The first-order valence-electron chi connectivity index (χ1n) is 5.50. The molecule has 0 aliphatic rings. The van der Waals surface area contributed by atoms with Crippen molar-refractivity contribution < 1.29 is 4.52 Å². The summed E-state index contributed by atoms with van der Waals surface area (Å²) in [6.07, 6.45) is 3.40. The van der Waals surface area contributed by atoms with Crippen molar-refractivity contribution in [3.8, 4) is 0 Å². The van der Waals surface area contributed by atoms with E-state index in [1.165, 1.54) is 0 Å². The minimum Gasteiger partial charge on any atom is -0.362 e. The average Bonchev–Trinajstić information content (AvgIpc) is 2.83. The van der Waals surface area contributed by atoms with E-state index < -0.39 is 0 Å². The smallest absolute Gasteiger partial charge is 0.224 e. The third-order valence-corrected chi connectivity index (χ3v) is 2.23. The Morgan fingerprint density at radius 1 is 1.35 bits per heavy atom. The summed E-state index contributed by atoms with van der Waals surface area (Å²) < 4.78 is 5.00. The van der Waals surface area contributed by atoms with Crippen LogP contribution in [0.4, 0.5) is 11.8 Å². The molecule has 17 heavy (non-hydrogen) atoms. The minimum atomic E-state index is 0.559. The molecule has 0 amide bonds. The summed E-state index contributed by atoms with van der Waals surface area (Å²) in [6, 6.07) is 1.81. The average molecular weight is 233 g/mol. The van der Waals surface area contributed by atoms with Crippen LogP contribution in [0.5, 0.6) is 0 Å². The zero-order valence-corrected chi connectivity index (χ0v) is 9.90. The van der Waals surface area contributed by atoms with Gasteiger partial charge in [-0.25, -0.2) is 4.98 Å². The van der Waals surface area contributed by atoms with E-state index in [9.17, 15) is 0 Å². The SMILES string of the molecule is CCNc1ncc(C)c(NCc2ccno2)n1. The number of rotatable bonds is 5. The second kappa shape index (κ2) is 5.29. The summed E-state index contributed by atoms with van der Waals surface area (Å²) in [4.78, 5) is 8.54. The minimum absolute atomic E-state index is 0.559. The maximum absolute atomic E-state index is 5.00. The molecule has 0 fully saturated rings. The van der Waals surface area contributed by atoms with Crippen LogP contribution in [0.3, 0.4) is 0 Å². The molecule has 90 valence electrons. The number of nitrogens with one attached hydrogen (secondary N) is 2. The third kappa shape index (κ3) is 2.93. The van der Waals surface area contributed by atoms with Crippen LogP contribution in [0.1, 0.15) is 18.2 Å². The summed E-state index contributed by atoms with van der Waals surface area (Å²) in [5.41, 5.74) is 0.992. The molecule has 0 spiro atoms. The number of anilines is 2. The van der Waals surface area contributed by atoms with E-state index in [1.54, 1.807) is 12.4 Å². The Balaban J connectivity index is 2.06. The lowest BCUT2D eigenvalue weighted by Crippen LogP contribution is -2.07. The van der Waals surface area contributed by atoms with Crippen LogP contribution in [0.2, 0.25) is 0 Å². The molecule has 2 aromatic rings. The van der Waals surface area contributed by atoms with Gasteiger partial charge in [-0.05, 0) is 13.8 Å². The normalized spacial score (nSPS) is 10.2. The molecule has 0 bridgehead atoms.